The highest BCUT2D eigenvalue weighted by molar-refractivity contribution is 6.30. The molecule has 1 aliphatic heterocycles. The molecule has 0 radical (unpaired) electrons. The van der Waals surface area contributed by atoms with Crippen molar-refractivity contribution in [1.82, 2.24) is 19.6 Å². The topological polar surface area (TPSA) is 135 Å². The Balaban J connectivity index is 1.61. The lowest BCUT2D eigenvalue weighted by Crippen LogP contribution is -2.37. The number of aromatic amines is 1. The fourth-order valence-corrected chi connectivity index (χ4v) is 5.42. The maximum atomic E-state index is 14.1. The minimum Gasteiger partial charge on any atom is -0.343 e. The highest BCUT2D eigenvalue weighted by Crippen LogP contribution is 2.47. The molecule has 0 bridgehead atoms. The molecule has 2 aliphatic rings. The molecular weight excluding hydrogens is 496 g/mol. The molecule has 0 amide bonds. The zero-order valence-corrected chi connectivity index (χ0v) is 20.7. The van der Waals surface area contributed by atoms with Crippen LogP contribution in [0.1, 0.15) is 43.7 Å². The van der Waals surface area contributed by atoms with Gasteiger partial charge in [-0.25, -0.2) is 9.50 Å². The number of carbonyl (C=O) groups excluding carboxylic acids is 1. The van der Waals surface area contributed by atoms with Crippen molar-refractivity contribution in [2.24, 2.45) is 5.41 Å². The Morgan fingerprint density at radius 3 is 2.46 bits per heavy atom. The van der Waals surface area contributed by atoms with Gasteiger partial charge in [-0.15, -0.1) is 0 Å². The molecule has 4 aromatic rings. The summed E-state index contributed by atoms with van der Waals surface area (Å²) in [7, 11) is 0. The summed E-state index contributed by atoms with van der Waals surface area (Å²) in [5, 5.41) is 22.2. The van der Waals surface area contributed by atoms with E-state index in [1.54, 1.807) is 36.4 Å². The van der Waals surface area contributed by atoms with Crippen molar-refractivity contribution in [3.8, 4) is 11.4 Å². The van der Waals surface area contributed by atoms with Crippen LogP contribution in [-0.2, 0) is 4.79 Å². The third-order valence-electron chi connectivity index (χ3n) is 6.90. The Labute approximate surface area is 215 Å². The van der Waals surface area contributed by atoms with E-state index in [-0.39, 0.29) is 28.2 Å². The number of Topliss-reactive ketones (excluding diaryl/α,β-unsaturated/α-hetero) is 1. The number of ketones is 1. The van der Waals surface area contributed by atoms with Gasteiger partial charge < -0.3 is 5.32 Å². The number of carbonyl (C=O) groups is 1. The molecule has 0 fully saturated rings. The number of halogens is 1. The van der Waals surface area contributed by atoms with E-state index in [1.807, 2.05) is 13.8 Å². The molecule has 2 N–H and O–H groups in total. The Morgan fingerprint density at radius 1 is 1.08 bits per heavy atom. The number of nitrogens with zero attached hydrogens (tertiary/aromatic N) is 4. The Kier molecular flexibility index (Phi) is 5.06. The molecule has 1 unspecified atom stereocenters. The van der Waals surface area contributed by atoms with E-state index in [1.165, 1.54) is 16.5 Å². The molecule has 1 aliphatic carbocycles. The lowest BCUT2D eigenvalue weighted by atomic mass is 9.69. The number of hydrogen-bond acceptors (Lipinski definition) is 7. The molecule has 2 aromatic heterocycles. The van der Waals surface area contributed by atoms with Crippen LogP contribution in [-0.4, -0.2) is 30.3 Å². The van der Waals surface area contributed by atoms with Crippen LogP contribution in [0.5, 0.6) is 0 Å². The van der Waals surface area contributed by atoms with E-state index >= 15 is 0 Å². The maximum absolute atomic E-state index is 14.1. The highest BCUT2D eigenvalue weighted by Gasteiger charge is 2.43. The van der Waals surface area contributed by atoms with Crippen LogP contribution in [0.3, 0.4) is 0 Å². The molecule has 3 heterocycles. The first-order valence-electron chi connectivity index (χ1n) is 11.7. The van der Waals surface area contributed by atoms with Crippen molar-refractivity contribution in [2.75, 3.05) is 5.32 Å². The standard InChI is InChI=1S/C26H21ClN6O4/c1-26(2)11-17-20(18(34)12-26)19(13-5-9-16(10-6-13)33(36)37)21-22(28-17)29-25-31-30-23(32(25)24(21)35)14-3-7-15(27)8-4-14/h3-10,19,28H,11-12H2,1-2H3,(H,29,31). The number of hydrogen-bond donors (Lipinski definition) is 2. The SMILES string of the molecule is CC1(C)CC(=O)C2=C(C1)Nc1nc3[nH]nc(-c4ccc(Cl)cc4)n3c(=O)c1C2c1ccc([N+](=O)[O-])cc1. The first kappa shape index (κ1) is 23.1. The number of non-ortho nitro benzene ring substituents is 1. The van der Waals surface area contributed by atoms with Gasteiger partial charge in [-0.05, 0) is 41.7 Å². The van der Waals surface area contributed by atoms with E-state index in [0.29, 0.717) is 51.9 Å². The zero-order chi connectivity index (χ0) is 26.1. The van der Waals surface area contributed by atoms with Crippen molar-refractivity contribution in [1.29, 1.82) is 0 Å². The van der Waals surface area contributed by atoms with Crippen molar-refractivity contribution < 1.29 is 9.72 Å². The molecule has 2 aromatic carbocycles. The van der Waals surface area contributed by atoms with Gasteiger partial charge >= 0.3 is 0 Å². The van der Waals surface area contributed by atoms with Gasteiger partial charge in [0.2, 0.25) is 5.78 Å². The van der Waals surface area contributed by atoms with Gasteiger partial charge in [0.15, 0.2) is 11.6 Å². The smallest absolute Gasteiger partial charge is 0.269 e. The molecule has 0 saturated heterocycles. The van der Waals surface area contributed by atoms with Crippen LogP contribution >= 0.6 is 11.6 Å². The van der Waals surface area contributed by atoms with Crippen LogP contribution < -0.4 is 10.9 Å². The second kappa shape index (κ2) is 8.10. The van der Waals surface area contributed by atoms with Gasteiger partial charge in [0.1, 0.15) is 5.82 Å². The Hall–Kier alpha value is -4.31. The molecule has 0 saturated carbocycles. The predicted octanol–water partition coefficient (Wildman–Crippen LogP) is 4.85. The van der Waals surface area contributed by atoms with E-state index in [4.69, 9.17) is 11.6 Å². The predicted molar refractivity (Wildman–Crippen MR) is 138 cm³/mol. The minimum atomic E-state index is -0.736. The molecule has 11 heteroatoms. The van der Waals surface area contributed by atoms with E-state index < -0.39 is 16.4 Å². The number of nitro groups is 1. The highest BCUT2D eigenvalue weighted by atomic mass is 35.5. The maximum Gasteiger partial charge on any atom is 0.269 e. The summed E-state index contributed by atoms with van der Waals surface area (Å²) in [4.78, 5) is 43.1. The summed E-state index contributed by atoms with van der Waals surface area (Å²) < 4.78 is 1.38. The lowest BCUT2D eigenvalue weighted by molar-refractivity contribution is -0.384. The normalized spacial score (nSPS) is 18.4. The first-order chi connectivity index (χ1) is 17.6. The number of rotatable bonds is 3. The molecule has 1 atom stereocenters. The monoisotopic (exact) mass is 516 g/mol. The molecule has 37 heavy (non-hydrogen) atoms. The average molecular weight is 517 g/mol. The minimum absolute atomic E-state index is 0.0673. The summed E-state index contributed by atoms with van der Waals surface area (Å²) >= 11 is 6.04. The van der Waals surface area contributed by atoms with Crippen LogP contribution in [0.25, 0.3) is 17.2 Å². The third kappa shape index (κ3) is 3.72. The van der Waals surface area contributed by atoms with Crippen molar-refractivity contribution >= 4 is 34.7 Å². The lowest BCUT2D eigenvalue weighted by Gasteiger charge is -2.38. The largest absolute Gasteiger partial charge is 0.343 e. The molecular formula is C26H21ClN6O4. The number of allylic oxidation sites excluding steroid dienone is 2. The third-order valence-corrected chi connectivity index (χ3v) is 7.15. The average Bonchev–Trinajstić information content (AvgIpc) is 3.27. The van der Waals surface area contributed by atoms with E-state index in [2.05, 4.69) is 20.5 Å². The Morgan fingerprint density at radius 2 is 1.78 bits per heavy atom. The summed E-state index contributed by atoms with van der Waals surface area (Å²) in [6.45, 7) is 4.04. The second-order valence-electron chi connectivity index (χ2n) is 10.1. The summed E-state index contributed by atoms with van der Waals surface area (Å²) in [6.07, 6.45) is 0.919. The van der Waals surface area contributed by atoms with Gasteiger partial charge in [-0.1, -0.05) is 37.6 Å². The number of aromatic nitrogens is 4. The van der Waals surface area contributed by atoms with Gasteiger partial charge in [0.05, 0.1) is 10.5 Å². The van der Waals surface area contributed by atoms with Crippen molar-refractivity contribution in [3.05, 3.63) is 96.4 Å². The van der Waals surface area contributed by atoms with E-state index in [0.717, 1.165) is 0 Å². The van der Waals surface area contributed by atoms with E-state index in [9.17, 15) is 19.7 Å². The fourth-order valence-electron chi connectivity index (χ4n) is 5.30. The fraction of sp³-hybridized carbons (Fsp3) is 0.231. The van der Waals surface area contributed by atoms with Crippen LogP contribution in [0.15, 0.2) is 64.6 Å². The number of H-pyrrole nitrogens is 1. The number of nitrogens with one attached hydrogen (secondary N) is 2. The summed E-state index contributed by atoms with van der Waals surface area (Å²) in [6, 6.07) is 12.9. The number of anilines is 1. The summed E-state index contributed by atoms with van der Waals surface area (Å²) in [5.74, 6) is 0.131. The van der Waals surface area contributed by atoms with Crippen molar-refractivity contribution in [3.63, 3.8) is 0 Å². The molecule has 0 spiro atoms. The Bertz CT molecular complexity index is 1700. The quantitative estimate of drug-likeness (QED) is 0.293. The number of benzene rings is 2. The van der Waals surface area contributed by atoms with Crippen LogP contribution in [0, 0.1) is 15.5 Å². The number of nitro benzene ring substituents is 1. The van der Waals surface area contributed by atoms with Gasteiger partial charge in [-0.3, -0.25) is 19.7 Å². The van der Waals surface area contributed by atoms with Gasteiger partial charge in [-0.2, -0.15) is 10.1 Å². The van der Waals surface area contributed by atoms with Gasteiger partial charge in [0, 0.05) is 46.3 Å². The molecule has 6 rings (SSSR count). The summed E-state index contributed by atoms with van der Waals surface area (Å²) in [5.41, 5.74) is 2.02. The molecule has 186 valence electrons. The second-order valence-corrected chi connectivity index (χ2v) is 10.6. The van der Waals surface area contributed by atoms with Crippen LogP contribution in [0.4, 0.5) is 11.5 Å². The number of fused-ring (bicyclic) bond motifs is 2. The molecule has 10 nitrogen and oxygen atoms in total. The zero-order valence-electron chi connectivity index (χ0n) is 19.9. The van der Waals surface area contributed by atoms with Gasteiger partial charge in [0.25, 0.3) is 11.2 Å². The van der Waals surface area contributed by atoms with Crippen molar-refractivity contribution in [2.45, 2.75) is 32.6 Å². The first-order valence-corrected chi connectivity index (χ1v) is 12.1. The van der Waals surface area contributed by atoms with Crippen LogP contribution in [0.2, 0.25) is 5.02 Å².